The van der Waals surface area contributed by atoms with Crippen LogP contribution >= 0.6 is 0 Å². The highest BCUT2D eigenvalue weighted by Gasteiger charge is 2.13. The zero-order chi connectivity index (χ0) is 17.8. The number of hydrogen-bond acceptors (Lipinski definition) is 4. The Kier molecular flexibility index (Phi) is 4.30. The fourth-order valence-corrected chi connectivity index (χ4v) is 2.68. The van der Waals surface area contributed by atoms with Gasteiger partial charge in [-0.05, 0) is 24.3 Å². The van der Waals surface area contributed by atoms with Gasteiger partial charge in [-0.15, -0.1) is 0 Å². The number of aromatic amines is 1. The molecule has 3 heterocycles. The largest absolute Gasteiger partial charge is 0.463 e. The third-order valence-electron chi connectivity index (χ3n) is 3.98. The molecule has 0 unspecified atom stereocenters. The van der Waals surface area contributed by atoms with Crippen LogP contribution in [0.2, 0.25) is 0 Å². The first-order valence-corrected chi connectivity index (χ1v) is 8.18. The predicted octanol–water partition coefficient (Wildman–Crippen LogP) is 3.66. The van der Waals surface area contributed by atoms with Gasteiger partial charge < -0.3 is 9.73 Å². The Hall–Kier alpha value is -3.67. The number of furan rings is 1. The monoisotopic (exact) mass is 344 g/mol. The van der Waals surface area contributed by atoms with Crippen molar-refractivity contribution in [1.82, 2.24) is 20.5 Å². The van der Waals surface area contributed by atoms with E-state index in [1.54, 1.807) is 18.5 Å². The molecule has 0 aliphatic carbocycles. The average molecular weight is 344 g/mol. The first-order chi connectivity index (χ1) is 12.8. The van der Waals surface area contributed by atoms with Crippen LogP contribution in [0.25, 0.3) is 22.7 Å². The maximum Gasteiger partial charge on any atom is 0.269 e. The summed E-state index contributed by atoms with van der Waals surface area (Å²) >= 11 is 0. The molecule has 0 aliphatic heterocycles. The molecular formula is C20H16N4O2. The van der Waals surface area contributed by atoms with Crippen molar-refractivity contribution in [1.29, 1.82) is 0 Å². The Bertz CT molecular complexity index is 1010. The van der Waals surface area contributed by atoms with Crippen molar-refractivity contribution in [2.24, 2.45) is 0 Å². The molecule has 0 radical (unpaired) electrons. The molecule has 6 nitrogen and oxygen atoms in total. The number of hydrogen-bond donors (Lipinski definition) is 2. The van der Waals surface area contributed by atoms with E-state index < -0.39 is 0 Å². The molecule has 0 saturated heterocycles. The van der Waals surface area contributed by atoms with E-state index in [9.17, 15) is 4.79 Å². The van der Waals surface area contributed by atoms with Gasteiger partial charge in [0.15, 0.2) is 5.76 Å². The highest BCUT2D eigenvalue weighted by Crippen LogP contribution is 2.21. The summed E-state index contributed by atoms with van der Waals surface area (Å²) in [6, 6.07) is 18.8. The molecule has 4 aromatic rings. The number of nitrogens with zero attached hydrogens (tertiary/aromatic N) is 2. The normalized spacial score (nSPS) is 10.6. The van der Waals surface area contributed by atoms with Gasteiger partial charge in [-0.3, -0.25) is 14.9 Å². The number of rotatable bonds is 5. The number of benzene rings is 1. The van der Waals surface area contributed by atoms with Crippen molar-refractivity contribution < 1.29 is 9.21 Å². The molecule has 4 rings (SSSR count). The predicted molar refractivity (Wildman–Crippen MR) is 97.1 cm³/mol. The van der Waals surface area contributed by atoms with Gasteiger partial charge in [0.2, 0.25) is 0 Å². The minimum atomic E-state index is -0.228. The molecule has 3 aromatic heterocycles. The quantitative estimate of drug-likeness (QED) is 0.579. The number of pyridine rings is 1. The van der Waals surface area contributed by atoms with Gasteiger partial charge in [0.1, 0.15) is 11.4 Å². The van der Waals surface area contributed by atoms with Gasteiger partial charge in [-0.2, -0.15) is 5.10 Å². The second-order valence-electron chi connectivity index (χ2n) is 5.70. The van der Waals surface area contributed by atoms with E-state index in [1.165, 1.54) is 0 Å². The highest BCUT2D eigenvalue weighted by molar-refractivity contribution is 5.93. The molecule has 0 fully saturated rings. The first-order valence-electron chi connectivity index (χ1n) is 8.18. The van der Waals surface area contributed by atoms with Crippen LogP contribution in [0.3, 0.4) is 0 Å². The molecule has 0 saturated carbocycles. The molecule has 128 valence electrons. The maximum absolute atomic E-state index is 12.4. The molecule has 1 amide bonds. The minimum absolute atomic E-state index is 0.228. The number of nitrogens with one attached hydrogen (secondary N) is 2. The number of carbonyl (C=O) groups is 1. The van der Waals surface area contributed by atoms with Gasteiger partial charge in [-0.1, -0.05) is 36.4 Å². The molecule has 2 N–H and O–H groups in total. The zero-order valence-corrected chi connectivity index (χ0v) is 13.8. The number of amides is 1. The van der Waals surface area contributed by atoms with Gasteiger partial charge in [-0.25, -0.2) is 0 Å². The standard InChI is InChI=1S/C20H16N4O2/c25-20(17-12-16(23-24-17)14-6-2-1-3-7-14)22-13-15-8-4-10-21-19(15)18-9-5-11-26-18/h1-12H,13H2,(H,22,25)(H,23,24). The van der Waals surface area contributed by atoms with Crippen LogP contribution in [0.5, 0.6) is 0 Å². The van der Waals surface area contributed by atoms with Crippen molar-refractivity contribution >= 4 is 5.91 Å². The number of carbonyl (C=O) groups excluding carboxylic acids is 1. The maximum atomic E-state index is 12.4. The summed E-state index contributed by atoms with van der Waals surface area (Å²) in [4.78, 5) is 16.8. The summed E-state index contributed by atoms with van der Waals surface area (Å²) in [5, 5.41) is 9.88. The van der Waals surface area contributed by atoms with Gasteiger partial charge >= 0.3 is 0 Å². The molecule has 0 atom stereocenters. The molecular weight excluding hydrogens is 328 g/mol. The summed E-state index contributed by atoms with van der Waals surface area (Å²) in [5.74, 6) is 0.441. The van der Waals surface area contributed by atoms with Crippen LogP contribution in [-0.2, 0) is 6.54 Å². The van der Waals surface area contributed by atoms with Crippen LogP contribution < -0.4 is 5.32 Å². The van der Waals surface area contributed by atoms with E-state index in [0.29, 0.717) is 23.7 Å². The van der Waals surface area contributed by atoms with E-state index in [-0.39, 0.29) is 5.91 Å². The topological polar surface area (TPSA) is 83.8 Å². The van der Waals surface area contributed by atoms with Gasteiger partial charge in [0.25, 0.3) is 5.91 Å². The number of H-pyrrole nitrogens is 1. The summed E-state index contributed by atoms with van der Waals surface area (Å²) in [6.07, 6.45) is 3.30. The lowest BCUT2D eigenvalue weighted by Gasteiger charge is -2.07. The second kappa shape index (κ2) is 7.06. The molecule has 0 aliphatic rings. The molecule has 1 aromatic carbocycles. The Morgan fingerprint density at radius 3 is 2.77 bits per heavy atom. The molecule has 0 bridgehead atoms. The first kappa shape index (κ1) is 15.8. The van der Waals surface area contributed by atoms with E-state index >= 15 is 0 Å². The van der Waals surface area contributed by atoms with Crippen molar-refractivity contribution in [3.05, 3.63) is 84.4 Å². The Morgan fingerprint density at radius 1 is 1.08 bits per heavy atom. The lowest BCUT2D eigenvalue weighted by molar-refractivity contribution is 0.0946. The van der Waals surface area contributed by atoms with Gasteiger partial charge in [0.05, 0.1) is 12.0 Å². The second-order valence-corrected chi connectivity index (χ2v) is 5.70. The van der Waals surface area contributed by atoms with Gasteiger partial charge in [0, 0.05) is 23.9 Å². The van der Waals surface area contributed by atoms with Crippen LogP contribution in [0.15, 0.2) is 77.5 Å². The molecule has 6 heteroatoms. The summed E-state index contributed by atoms with van der Waals surface area (Å²) in [6.45, 7) is 0.336. The SMILES string of the molecule is O=C(NCc1cccnc1-c1ccco1)c1cc(-c2ccccc2)n[nH]1. The van der Waals surface area contributed by atoms with Crippen LogP contribution in [0.1, 0.15) is 16.1 Å². The van der Waals surface area contributed by atoms with Crippen LogP contribution in [-0.4, -0.2) is 21.1 Å². The van der Waals surface area contributed by atoms with E-state index in [0.717, 1.165) is 16.8 Å². The Balaban J connectivity index is 1.48. The van der Waals surface area contributed by atoms with E-state index in [4.69, 9.17) is 4.42 Å². The average Bonchev–Trinajstić information content (AvgIpc) is 3.39. The smallest absolute Gasteiger partial charge is 0.269 e. The van der Waals surface area contributed by atoms with Crippen molar-refractivity contribution in [3.8, 4) is 22.7 Å². The van der Waals surface area contributed by atoms with Crippen molar-refractivity contribution in [3.63, 3.8) is 0 Å². The fourth-order valence-electron chi connectivity index (χ4n) is 2.68. The fraction of sp³-hybridized carbons (Fsp3) is 0.0500. The third kappa shape index (κ3) is 3.25. The summed E-state index contributed by atoms with van der Waals surface area (Å²) in [5.41, 5.74) is 3.68. The lowest BCUT2D eigenvalue weighted by atomic mass is 10.1. The summed E-state index contributed by atoms with van der Waals surface area (Å²) in [7, 11) is 0. The van der Waals surface area contributed by atoms with E-state index in [2.05, 4.69) is 20.5 Å². The third-order valence-corrected chi connectivity index (χ3v) is 3.98. The zero-order valence-electron chi connectivity index (χ0n) is 13.8. The molecule has 0 spiro atoms. The van der Waals surface area contributed by atoms with Crippen LogP contribution in [0.4, 0.5) is 0 Å². The van der Waals surface area contributed by atoms with Crippen LogP contribution in [0, 0.1) is 0 Å². The van der Waals surface area contributed by atoms with E-state index in [1.807, 2.05) is 54.6 Å². The van der Waals surface area contributed by atoms with Crippen molar-refractivity contribution in [2.75, 3.05) is 0 Å². The minimum Gasteiger partial charge on any atom is -0.463 e. The summed E-state index contributed by atoms with van der Waals surface area (Å²) < 4.78 is 5.41. The highest BCUT2D eigenvalue weighted by atomic mass is 16.3. The Labute approximate surface area is 149 Å². The van der Waals surface area contributed by atoms with Crippen molar-refractivity contribution in [2.45, 2.75) is 6.54 Å². The number of aromatic nitrogens is 3. The lowest BCUT2D eigenvalue weighted by Crippen LogP contribution is -2.23. The molecule has 26 heavy (non-hydrogen) atoms. The Morgan fingerprint density at radius 2 is 1.96 bits per heavy atom.